The Morgan fingerprint density at radius 1 is 1.33 bits per heavy atom. The van der Waals surface area contributed by atoms with Gasteiger partial charge in [0.25, 0.3) is 0 Å². The molecule has 1 aliphatic carbocycles. The molecule has 0 radical (unpaired) electrons. The molecule has 0 aliphatic heterocycles. The molecule has 0 unspecified atom stereocenters. The van der Waals surface area contributed by atoms with Gasteiger partial charge in [0.2, 0.25) is 0 Å². The van der Waals surface area contributed by atoms with E-state index in [-0.39, 0.29) is 19.0 Å². The van der Waals surface area contributed by atoms with E-state index in [0.717, 1.165) is 35.4 Å². The van der Waals surface area contributed by atoms with E-state index in [2.05, 4.69) is 12.3 Å². The van der Waals surface area contributed by atoms with Crippen molar-refractivity contribution in [1.82, 2.24) is 4.57 Å². The van der Waals surface area contributed by atoms with Crippen LogP contribution in [0.2, 0.25) is 0 Å². The zero-order chi connectivity index (χ0) is 17.1. The summed E-state index contributed by atoms with van der Waals surface area (Å²) in [5.41, 5.74) is 5.51. The summed E-state index contributed by atoms with van der Waals surface area (Å²) in [4.78, 5) is 12.1. The van der Waals surface area contributed by atoms with Crippen LogP contribution in [0.15, 0.2) is 24.4 Å². The number of nitrogens with zero attached hydrogens (tertiary/aromatic N) is 1. The van der Waals surface area contributed by atoms with Crippen LogP contribution in [0.5, 0.6) is 5.75 Å². The van der Waals surface area contributed by atoms with Crippen molar-refractivity contribution >= 4 is 5.97 Å². The molecule has 0 amide bonds. The molecule has 5 heteroatoms. The van der Waals surface area contributed by atoms with Gasteiger partial charge in [-0.2, -0.15) is 0 Å². The van der Waals surface area contributed by atoms with Crippen molar-refractivity contribution in [2.75, 3.05) is 20.3 Å². The van der Waals surface area contributed by atoms with Crippen molar-refractivity contribution < 1.29 is 19.4 Å². The Labute approximate surface area is 141 Å². The van der Waals surface area contributed by atoms with Crippen LogP contribution in [0.25, 0.3) is 11.1 Å². The Bertz CT molecular complexity index is 748. The molecule has 1 aliphatic rings. The Hall–Kier alpha value is -2.27. The van der Waals surface area contributed by atoms with Gasteiger partial charge >= 0.3 is 5.97 Å². The predicted octanol–water partition coefficient (Wildman–Crippen LogP) is 2.36. The summed E-state index contributed by atoms with van der Waals surface area (Å²) in [6.07, 6.45) is 4.08. The lowest BCUT2D eigenvalue weighted by molar-refractivity contribution is -0.142. The number of carbonyl (C=O) groups is 1. The number of hydrogen-bond donors (Lipinski definition) is 1. The molecule has 0 bridgehead atoms. The summed E-state index contributed by atoms with van der Waals surface area (Å²) < 4.78 is 12.6. The Kier molecular flexibility index (Phi) is 4.90. The van der Waals surface area contributed by atoms with Crippen molar-refractivity contribution in [3.8, 4) is 16.9 Å². The third-order valence-corrected chi connectivity index (χ3v) is 4.49. The van der Waals surface area contributed by atoms with Crippen LogP contribution < -0.4 is 4.74 Å². The molecule has 0 saturated heterocycles. The second-order valence-electron chi connectivity index (χ2n) is 5.86. The average molecular weight is 329 g/mol. The van der Waals surface area contributed by atoms with Gasteiger partial charge in [0.15, 0.2) is 0 Å². The van der Waals surface area contributed by atoms with Crippen molar-refractivity contribution in [1.29, 1.82) is 0 Å². The van der Waals surface area contributed by atoms with E-state index >= 15 is 0 Å². The number of fused-ring (bicyclic) bond motifs is 3. The van der Waals surface area contributed by atoms with Crippen LogP contribution in [0, 0.1) is 0 Å². The van der Waals surface area contributed by atoms with Crippen molar-refractivity contribution in [2.45, 2.75) is 32.7 Å². The largest absolute Gasteiger partial charge is 0.496 e. The molecule has 0 saturated carbocycles. The molecule has 0 spiro atoms. The predicted molar refractivity (Wildman–Crippen MR) is 91.3 cm³/mol. The number of ether oxygens (including phenoxy) is 2. The van der Waals surface area contributed by atoms with Gasteiger partial charge < -0.3 is 19.1 Å². The van der Waals surface area contributed by atoms with Crippen LogP contribution in [0.4, 0.5) is 0 Å². The number of esters is 1. The molecule has 0 atom stereocenters. The molecule has 1 heterocycles. The number of methoxy groups -OCH3 is 1. The molecule has 128 valence electrons. The minimum Gasteiger partial charge on any atom is -0.496 e. The Morgan fingerprint density at radius 2 is 2.17 bits per heavy atom. The number of carbonyl (C=O) groups excluding carboxylic acids is 1. The van der Waals surface area contributed by atoms with Crippen LogP contribution in [-0.4, -0.2) is 36.0 Å². The van der Waals surface area contributed by atoms with Gasteiger partial charge in [-0.25, -0.2) is 0 Å². The third-order valence-electron chi connectivity index (χ3n) is 4.49. The summed E-state index contributed by atoms with van der Waals surface area (Å²) in [6.45, 7) is 2.68. The van der Waals surface area contributed by atoms with Gasteiger partial charge in [0.05, 0.1) is 26.7 Å². The highest BCUT2D eigenvalue weighted by Gasteiger charge is 2.26. The zero-order valence-electron chi connectivity index (χ0n) is 14.2. The Balaban J connectivity index is 2.11. The molecular formula is C19H23NO4. The average Bonchev–Trinajstić information content (AvgIpc) is 2.92. The van der Waals surface area contributed by atoms with Gasteiger partial charge in [0, 0.05) is 29.6 Å². The fraction of sp³-hybridized carbons (Fsp3) is 0.421. The highest BCUT2D eigenvalue weighted by molar-refractivity contribution is 5.82. The number of aromatic nitrogens is 1. The third kappa shape index (κ3) is 2.91. The van der Waals surface area contributed by atoms with Crippen molar-refractivity contribution in [2.24, 2.45) is 0 Å². The molecular weight excluding hydrogens is 306 g/mol. The fourth-order valence-corrected chi connectivity index (χ4v) is 3.53. The lowest BCUT2D eigenvalue weighted by Crippen LogP contribution is -2.14. The maximum Gasteiger partial charge on any atom is 0.311 e. The summed E-state index contributed by atoms with van der Waals surface area (Å²) in [7, 11) is 1.68. The molecule has 1 aromatic heterocycles. The minimum atomic E-state index is -0.243. The standard InChI is InChI=1S/C19H23NO4/c1-3-24-18(22)11-16-19-13(12-20(16)9-10-21)7-8-14-15(19)5-4-6-17(14)23-2/h4-6,12,21H,3,7-11H2,1-2H3. The smallest absolute Gasteiger partial charge is 0.311 e. The molecule has 1 aromatic carbocycles. The summed E-state index contributed by atoms with van der Waals surface area (Å²) in [6, 6.07) is 6.03. The van der Waals surface area contributed by atoms with E-state index < -0.39 is 0 Å². The Morgan fingerprint density at radius 3 is 2.88 bits per heavy atom. The number of rotatable bonds is 6. The van der Waals surface area contributed by atoms with Crippen LogP contribution in [0.1, 0.15) is 23.7 Å². The first-order valence-corrected chi connectivity index (χ1v) is 8.33. The summed E-state index contributed by atoms with van der Waals surface area (Å²) in [5.74, 6) is 0.641. The highest BCUT2D eigenvalue weighted by Crippen LogP contribution is 2.41. The van der Waals surface area contributed by atoms with Gasteiger partial charge in [-0.3, -0.25) is 4.79 Å². The lowest BCUT2D eigenvalue weighted by Gasteiger charge is -2.20. The first-order valence-electron chi connectivity index (χ1n) is 8.33. The van der Waals surface area contributed by atoms with Crippen LogP contribution >= 0.6 is 0 Å². The van der Waals surface area contributed by atoms with E-state index in [0.29, 0.717) is 13.2 Å². The second-order valence-corrected chi connectivity index (χ2v) is 5.86. The number of hydrogen-bond acceptors (Lipinski definition) is 4. The number of aryl methyl sites for hydroxylation is 1. The van der Waals surface area contributed by atoms with E-state index in [9.17, 15) is 9.90 Å². The first-order chi connectivity index (χ1) is 11.7. The van der Waals surface area contributed by atoms with Crippen molar-refractivity contribution in [3.05, 3.63) is 41.2 Å². The first kappa shape index (κ1) is 16.6. The molecule has 1 N–H and O–H groups in total. The van der Waals surface area contributed by atoms with Gasteiger partial charge in [-0.1, -0.05) is 12.1 Å². The van der Waals surface area contributed by atoms with Crippen LogP contribution in [0.3, 0.4) is 0 Å². The molecule has 5 nitrogen and oxygen atoms in total. The van der Waals surface area contributed by atoms with E-state index in [1.54, 1.807) is 14.0 Å². The minimum absolute atomic E-state index is 0.0361. The highest BCUT2D eigenvalue weighted by atomic mass is 16.5. The molecule has 0 fully saturated rings. The summed E-state index contributed by atoms with van der Waals surface area (Å²) >= 11 is 0. The molecule has 24 heavy (non-hydrogen) atoms. The second kappa shape index (κ2) is 7.09. The maximum absolute atomic E-state index is 12.1. The normalized spacial score (nSPS) is 12.5. The van der Waals surface area contributed by atoms with Gasteiger partial charge in [-0.15, -0.1) is 0 Å². The van der Waals surface area contributed by atoms with Gasteiger partial charge in [-0.05, 0) is 37.0 Å². The SMILES string of the molecule is CCOC(=O)Cc1c2c(cn1CCO)CCc1c(OC)cccc1-2. The molecule has 2 aromatic rings. The van der Waals surface area contributed by atoms with E-state index in [1.807, 2.05) is 16.7 Å². The topological polar surface area (TPSA) is 60.7 Å². The van der Waals surface area contributed by atoms with Crippen LogP contribution in [-0.2, 0) is 35.3 Å². The maximum atomic E-state index is 12.1. The van der Waals surface area contributed by atoms with Gasteiger partial charge in [0.1, 0.15) is 5.75 Å². The van der Waals surface area contributed by atoms with Crippen molar-refractivity contribution in [3.63, 3.8) is 0 Å². The van der Waals surface area contributed by atoms with E-state index in [1.165, 1.54) is 11.1 Å². The number of benzene rings is 1. The number of aliphatic hydroxyl groups excluding tert-OH is 1. The monoisotopic (exact) mass is 329 g/mol. The zero-order valence-corrected chi connectivity index (χ0v) is 14.2. The lowest BCUT2D eigenvalue weighted by atomic mass is 9.86. The quantitative estimate of drug-likeness (QED) is 0.827. The number of aliphatic hydroxyl groups is 1. The van der Waals surface area contributed by atoms with E-state index in [4.69, 9.17) is 9.47 Å². The fourth-order valence-electron chi connectivity index (χ4n) is 3.53. The summed E-state index contributed by atoms with van der Waals surface area (Å²) in [5, 5.41) is 9.36. The molecule has 3 rings (SSSR count).